The number of hydrogen-bond acceptors (Lipinski definition) is 3. The van der Waals surface area contributed by atoms with Crippen LogP contribution in [0.5, 0.6) is 34.5 Å². The molecule has 17 rings (SSSR count). The van der Waals surface area contributed by atoms with Crippen molar-refractivity contribution in [1.29, 1.82) is 0 Å². The van der Waals surface area contributed by atoms with Crippen LogP contribution in [0, 0.1) is 0 Å². The minimum Gasteiger partial charge on any atom is -0.459 e. The van der Waals surface area contributed by atoms with Gasteiger partial charge in [-0.25, -0.2) is 0 Å². The Hall–Kier alpha value is -9.65. The van der Waals surface area contributed by atoms with E-state index in [0.717, 1.165) is 112 Å². The van der Waals surface area contributed by atoms with Crippen LogP contribution in [0.2, 0.25) is 0 Å². The first-order valence-electron chi connectivity index (χ1n) is 25.4. The molecule has 0 spiro atoms. The second kappa shape index (κ2) is 14.9. The molecule has 8 heteroatoms. The molecule has 0 bridgehead atoms. The molecule has 0 fully saturated rings. The van der Waals surface area contributed by atoms with E-state index in [-0.39, 0.29) is 6.71 Å². The number of fused-ring (bicyclic) bond motifs is 16. The van der Waals surface area contributed by atoms with E-state index >= 15 is 0 Å². The van der Waals surface area contributed by atoms with Gasteiger partial charge in [-0.1, -0.05) is 152 Å². The van der Waals surface area contributed by atoms with Crippen LogP contribution >= 0.6 is 0 Å². The van der Waals surface area contributed by atoms with Crippen LogP contribution in [0.3, 0.4) is 0 Å². The highest BCUT2D eigenvalue weighted by atomic mass is 16.5. The minimum atomic E-state index is -0.391. The summed E-state index contributed by atoms with van der Waals surface area (Å²) in [6.07, 6.45) is 0. The normalized spacial score (nSPS) is 13.1. The summed E-state index contributed by atoms with van der Waals surface area (Å²) in [6, 6.07) is 85.3. The van der Waals surface area contributed by atoms with Crippen LogP contribution in [0.15, 0.2) is 237 Å². The fourth-order valence-electron chi connectivity index (χ4n) is 13.2. The molecule has 0 atom stereocenters. The molecule has 0 saturated heterocycles. The third-order valence-electron chi connectivity index (χ3n) is 16.1. The van der Waals surface area contributed by atoms with E-state index in [1.54, 1.807) is 0 Å². The van der Waals surface area contributed by atoms with Crippen molar-refractivity contribution < 1.29 is 14.2 Å². The Balaban J connectivity index is 0.983. The van der Waals surface area contributed by atoms with Crippen molar-refractivity contribution in [3.63, 3.8) is 0 Å². The SMILES string of the molecule is c1ccc2c(c1)Oc1c3c(cc4c1B(c1c(-n5c6ccccc6c6ccccc65)cccc1-n1c5ccccc5c5ccccc51)c1ccccc1O4)Oc1ccc(-n4c5ccccc5c5ccccc54)cc1B23. The molecule has 6 heterocycles. The van der Waals surface area contributed by atoms with E-state index < -0.39 is 6.71 Å². The van der Waals surface area contributed by atoms with Crippen molar-refractivity contribution in [3.05, 3.63) is 237 Å². The lowest BCUT2D eigenvalue weighted by molar-refractivity contribution is 0.447. The Bertz CT molecular complexity index is 4470. The Labute approximate surface area is 425 Å². The van der Waals surface area contributed by atoms with Crippen molar-refractivity contribution >= 4 is 112 Å². The van der Waals surface area contributed by atoms with Gasteiger partial charge in [-0.2, -0.15) is 0 Å². The quantitative estimate of drug-likeness (QED) is 0.165. The summed E-state index contributed by atoms with van der Waals surface area (Å²) in [5.74, 6) is 4.62. The molecule has 3 aliphatic heterocycles. The topological polar surface area (TPSA) is 42.5 Å². The van der Waals surface area contributed by atoms with Gasteiger partial charge in [0.2, 0.25) is 0 Å². The van der Waals surface area contributed by atoms with Crippen LogP contribution in [-0.2, 0) is 0 Å². The number of rotatable bonds is 4. The lowest BCUT2D eigenvalue weighted by Crippen LogP contribution is -2.62. The maximum Gasteiger partial charge on any atom is 0.261 e. The third-order valence-corrected chi connectivity index (χ3v) is 16.1. The predicted octanol–water partition coefficient (Wildman–Crippen LogP) is 12.3. The molecule has 0 unspecified atom stereocenters. The number of ether oxygens (including phenoxy) is 3. The third kappa shape index (κ3) is 5.35. The fourth-order valence-corrected chi connectivity index (χ4v) is 13.2. The first-order chi connectivity index (χ1) is 36.7. The molecule has 6 nitrogen and oxygen atoms in total. The second-order valence-corrected chi connectivity index (χ2v) is 19.8. The van der Waals surface area contributed by atoms with Gasteiger partial charge in [0, 0.05) is 66.4 Å². The minimum absolute atomic E-state index is 0.214. The molecule has 3 aliphatic rings. The molecule has 0 amide bonds. The van der Waals surface area contributed by atoms with E-state index in [9.17, 15) is 0 Å². The highest BCUT2D eigenvalue weighted by Gasteiger charge is 2.47. The molecule has 3 aromatic heterocycles. The Kier molecular flexibility index (Phi) is 8.08. The first kappa shape index (κ1) is 40.0. The molecule has 0 saturated carbocycles. The Morgan fingerprint density at radius 3 is 1.12 bits per heavy atom. The summed E-state index contributed by atoms with van der Waals surface area (Å²) < 4.78 is 29.2. The summed E-state index contributed by atoms with van der Waals surface area (Å²) in [7, 11) is 0. The Morgan fingerprint density at radius 1 is 0.257 bits per heavy atom. The monoisotopic (exact) mass is 943 g/mol. The maximum atomic E-state index is 7.49. The highest BCUT2D eigenvalue weighted by molar-refractivity contribution is 7.02. The van der Waals surface area contributed by atoms with Gasteiger partial charge in [-0.3, -0.25) is 0 Å². The van der Waals surface area contributed by atoms with E-state index in [1.165, 1.54) is 32.3 Å². The molecule has 342 valence electrons. The van der Waals surface area contributed by atoms with E-state index in [1.807, 2.05) is 0 Å². The molecule has 0 aliphatic carbocycles. The van der Waals surface area contributed by atoms with Gasteiger partial charge in [0.05, 0.1) is 33.1 Å². The van der Waals surface area contributed by atoms with Gasteiger partial charge in [0.1, 0.15) is 34.5 Å². The number of nitrogens with zero attached hydrogens (tertiary/aromatic N) is 3. The molecular weight excluding hydrogens is 904 g/mol. The van der Waals surface area contributed by atoms with Gasteiger partial charge in [-0.05, 0) is 101 Å². The van der Waals surface area contributed by atoms with Gasteiger partial charge in [0.15, 0.2) is 0 Å². The summed E-state index contributed by atoms with van der Waals surface area (Å²) >= 11 is 0. The van der Waals surface area contributed by atoms with Crippen molar-refractivity contribution in [2.75, 3.05) is 0 Å². The summed E-state index contributed by atoms with van der Waals surface area (Å²) in [6.45, 7) is -0.605. The van der Waals surface area contributed by atoms with Crippen LogP contribution in [-0.4, -0.2) is 27.1 Å². The van der Waals surface area contributed by atoms with Gasteiger partial charge < -0.3 is 27.9 Å². The fraction of sp³-hybridized carbons (Fsp3) is 0. The second-order valence-electron chi connectivity index (χ2n) is 19.8. The number of aromatic nitrogens is 3. The summed E-state index contributed by atoms with van der Waals surface area (Å²) in [5.41, 5.74) is 16.4. The average molecular weight is 944 g/mol. The summed E-state index contributed by atoms with van der Waals surface area (Å²) in [5, 5.41) is 7.25. The van der Waals surface area contributed by atoms with Crippen molar-refractivity contribution in [2.45, 2.75) is 0 Å². The highest BCUT2D eigenvalue weighted by Crippen LogP contribution is 2.43. The number of benzene rings is 11. The van der Waals surface area contributed by atoms with Crippen LogP contribution in [0.4, 0.5) is 0 Å². The molecule has 0 radical (unpaired) electrons. The summed E-state index contributed by atoms with van der Waals surface area (Å²) in [4.78, 5) is 0. The lowest BCUT2D eigenvalue weighted by atomic mass is 9.31. The number of hydrogen-bond donors (Lipinski definition) is 0. The van der Waals surface area contributed by atoms with Crippen molar-refractivity contribution in [3.8, 4) is 51.6 Å². The van der Waals surface area contributed by atoms with Crippen LogP contribution in [0.1, 0.15) is 0 Å². The zero-order valence-corrected chi connectivity index (χ0v) is 39.7. The smallest absolute Gasteiger partial charge is 0.261 e. The van der Waals surface area contributed by atoms with Gasteiger partial charge in [0.25, 0.3) is 13.4 Å². The van der Waals surface area contributed by atoms with Gasteiger partial charge >= 0.3 is 0 Å². The van der Waals surface area contributed by atoms with Crippen molar-refractivity contribution in [2.24, 2.45) is 0 Å². The lowest BCUT2D eigenvalue weighted by Gasteiger charge is -2.38. The van der Waals surface area contributed by atoms with Crippen molar-refractivity contribution in [1.82, 2.24) is 13.7 Å². The molecular formula is C66H39B2N3O3. The van der Waals surface area contributed by atoms with Crippen LogP contribution in [0.25, 0.3) is 82.5 Å². The van der Waals surface area contributed by atoms with E-state index in [2.05, 4.69) is 250 Å². The molecule has 14 aromatic rings. The number of para-hydroxylation sites is 8. The van der Waals surface area contributed by atoms with E-state index in [4.69, 9.17) is 14.2 Å². The predicted molar refractivity (Wildman–Crippen MR) is 305 cm³/mol. The zero-order chi connectivity index (χ0) is 48.2. The Morgan fingerprint density at radius 2 is 0.635 bits per heavy atom. The van der Waals surface area contributed by atoms with E-state index in [0.29, 0.717) is 5.75 Å². The molecule has 11 aromatic carbocycles. The molecule has 0 N–H and O–H groups in total. The zero-order valence-electron chi connectivity index (χ0n) is 39.7. The van der Waals surface area contributed by atoms with Crippen LogP contribution < -0.4 is 47.0 Å². The first-order valence-corrected chi connectivity index (χ1v) is 25.4. The standard InChI is InChI=1S/C66H39B2N3O3/c1-9-26-50-41(18-1)42-19-2-10-27-51(42)69(50)40-36-37-60-49(38-40)67-47-24-7-16-35-59(47)74-66-64(67)61(73-60)39-62-65(66)68(48-25-8-15-34-58(48)72-62)63-56(70-52-28-11-3-20-43(52)44-21-4-12-29-53(44)70)32-17-33-57(63)71-54-30-13-5-22-45(54)46-23-6-14-31-55(46)71/h1-39H. The largest absolute Gasteiger partial charge is 0.459 e. The average Bonchev–Trinajstić information content (AvgIpc) is 4.14. The molecule has 74 heavy (non-hydrogen) atoms. The maximum absolute atomic E-state index is 7.49. The van der Waals surface area contributed by atoms with Gasteiger partial charge in [-0.15, -0.1) is 0 Å².